The van der Waals surface area contributed by atoms with Crippen LogP contribution in [0.1, 0.15) is 42.2 Å². The van der Waals surface area contributed by atoms with E-state index in [0.29, 0.717) is 24.7 Å². The zero-order valence-electron chi connectivity index (χ0n) is 10.4. The number of rotatable bonds is 3. The molecule has 0 spiro atoms. The molecule has 1 atom stereocenters. The number of carboxylic acid groups (broad SMARTS) is 1. The van der Waals surface area contributed by atoms with Gasteiger partial charge in [-0.3, -0.25) is 4.79 Å². The highest BCUT2D eigenvalue weighted by Gasteiger charge is 2.37. The summed E-state index contributed by atoms with van der Waals surface area (Å²) in [4.78, 5) is 25.2. The molecule has 1 aliphatic heterocycles. The predicted octanol–water partition coefficient (Wildman–Crippen LogP) is 2.27. The topological polar surface area (TPSA) is 62.5 Å². The van der Waals surface area contributed by atoms with Gasteiger partial charge in [0.05, 0.1) is 0 Å². The lowest BCUT2D eigenvalue weighted by Gasteiger charge is -2.22. The fourth-order valence-corrected chi connectivity index (χ4v) is 3.12. The molecule has 0 bridgehead atoms. The van der Waals surface area contributed by atoms with Crippen LogP contribution >= 0.6 is 15.9 Å². The van der Waals surface area contributed by atoms with Crippen LogP contribution in [0, 0.1) is 0 Å². The zero-order valence-corrected chi connectivity index (χ0v) is 12.0. The minimum atomic E-state index is -0.908. The number of amides is 1. The van der Waals surface area contributed by atoms with Crippen LogP contribution in [-0.2, 0) is 4.79 Å². The zero-order chi connectivity index (χ0) is 13.6. The maximum atomic E-state index is 12.5. The Hall–Kier alpha value is -1.30. The summed E-state index contributed by atoms with van der Waals surface area (Å²) >= 11 is 3.39. The first-order valence-electron chi connectivity index (χ1n) is 6.49. The molecule has 5 nitrogen and oxygen atoms in total. The Morgan fingerprint density at radius 1 is 1.32 bits per heavy atom. The van der Waals surface area contributed by atoms with E-state index in [0.717, 1.165) is 23.7 Å². The quantitative estimate of drug-likeness (QED) is 0.926. The van der Waals surface area contributed by atoms with E-state index in [1.165, 1.54) is 4.90 Å². The normalized spacial score (nSPS) is 22.8. The molecule has 1 saturated carbocycles. The first kappa shape index (κ1) is 12.7. The summed E-state index contributed by atoms with van der Waals surface area (Å²) in [6.07, 6.45) is 5.39. The lowest BCUT2D eigenvalue weighted by Crippen LogP contribution is -2.41. The number of halogens is 1. The molecule has 1 saturated heterocycles. The number of carboxylic acids is 1. The van der Waals surface area contributed by atoms with Gasteiger partial charge in [-0.05, 0) is 47.7 Å². The number of carbonyl (C=O) groups is 2. The van der Waals surface area contributed by atoms with Crippen LogP contribution in [0.5, 0.6) is 0 Å². The number of aromatic nitrogens is 1. The molecule has 2 fully saturated rings. The van der Waals surface area contributed by atoms with Gasteiger partial charge in [0.1, 0.15) is 11.7 Å². The van der Waals surface area contributed by atoms with Crippen molar-refractivity contribution in [1.29, 1.82) is 0 Å². The summed E-state index contributed by atoms with van der Waals surface area (Å²) in [6, 6.07) is 1.52. The Labute approximate surface area is 119 Å². The highest BCUT2D eigenvalue weighted by Crippen LogP contribution is 2.38. The summed E-state index contributed by atoms with van der Waals surface area (Å²) in [5, 5.41) is 9.17. The van der Waals surface area contributed by atoms with Crippen LogP contribution in [-0.4, -0.2) is 39.0 Å². The molecule has 3 rings (SSSR count). The summed E-state index contributed by atoms with van der Waals surface area (Å²) in [5.74, 6) is -1.07. The van der Waals surface area contributed by atoms with Gasteiger partial charge < -0.3 is 14.6 Å². The second-order valence-corrected chi connectivity index (χ2v) is 6.09. The third-order valence-corrected chi connectivity index (χ3v) is 4.21. The summed E-state index contributed by atoms with van der Waals surface area (Å²) < 4.78 is 2.85. The molecule has 6 heteroatoms. The first-order chi connectivity index (χ1) is 9.08. The van der Waals surface area contributed by atoms with Gasteiger partial charge in [0, 0.05) is 23.3 Å². The van der Waals surface area contributed by atoms with Crippen molar-refractivity contribution in [3.05, 3.63) is 22.4 Å². The van der Waals surface area contributed by atoms with E-state index in [9.17, 15) is 9.59 Å². The molecule has 2 heterocycles. The predicted molar refractivity (Wildman–Crippen MR) is 72.1 cm³/mol. The van der Waals surface area contributed by atoms with E-state index >= 15 is 0 Å². The first-order valence-corrected chi connectivity index (χ1v) is 7.28. The minimum absolute atomic E-state index is 0.164. The van der Waals surface area contributed by atoms with Crippen molar-refractivity contribution in [3.63, 3.8) is 0 Å². The Morgan fingerprint density at radius 2 is 2.05 bits per heavy atom. The SMILES string of the molecule is O=C(O)[C@@H]1CCCN1C(=O)c1cc(Br)cn1C1CC1. The molecule has 1 aliphatic carbocycles. The van der Waals surface area contributed by atoms with Gasteiger partial charge in [-0.1, -0.05) is 0 Å². The number of carbonyl (C=O) groups excluding carboxylic acids is 1. The Morgan fingerprint density at radius 3 is 2.68 bits per heavy atom. The van der Waals surface area contributed by atoms with Crippen LogP contribution in [0.2, 0.25) is 0 Å². The third-order valence-electron chi connectivity index (χ3n) is 3.77. The van der Waals surface area contributed by atoms with E-state index in [1.807, 2.05) is 10.8 Å². The summed E-state index contributed by atoms with van der Waals surface area (Å²) in [7, 11) is 0. The maximum Gasteiger partial charge on any atom is 0.326 e. The second kappa shape index (κ2) is 4.67. The minimum Gasteiger partial charge on any atom is -0.480 e. The highest BCUT2D eigenvalue weighted by molar-refractivity contribution is 9.10. The van der Waals surface area contributed by atoms with Crippen molar-refractivity contribution in [3.8, 4) is 0 Å². The number of hydrogen-bond acceptors (Lipinski definition) is 2. The van der Waals surface area contributed by atoms with Crippen LogP contribution in [0.15, 0.2) is 16.7 Å². The molecule has 102 valence electrons. The molecule has 0 aromatic carbocycles. The molecule has 1 aromatic heterocycles. The van der Waals surface area contributed by atoms with Crippen molar-refractivity contribution >= 4 is 27.8 Å². The average molecular weight is 327 g/mol. The van der Waals surface area contributed by atoms with Gasteiger partial charge in [0.15, 0.2) is 0 Å². The van der Waals surface area contributed by atoms with E-state index in [2.05, 4.69) is 15.9 Å². The smallest absolute Gasteiger partial charge is 0.326 e. The van der Waals surface area contributed by atoms with E-state index in [1.54, 1.807) is 6.07 Å². The van der Waals surface area contributed by atoms with E-state index in [4.69, 9.17) is 5.11 Å². The maximum absolute atomic E-state index is 12.5. The third kappa shape index (κ3) is 2.29. The molecule has 1 N–H and O–H groups in total. The molecular weight excluding hydrogens is 312 g/mol. The van der Waals surface area contributed by atoms with Gasteiger partial charge in [0.25, 0.3) is 5.91 Å². The van der Waals surface area contributed by atoms with Crippen LogP contribution in [0.25, 0.3) is 0 Å². The van der Waals surface area contributed by atoms with Gasteiger partial charge in [-0.2, -0.15) is 0 Å². The lowest BCUT2D eigenvalue weighted by molar-refractivity contribution is -0.141. The van der Waals surface area contributed by atoms with Gasteiger partial charge >= 0.3 is 5.97 Å². The van der Waals surface area contributed by atoms with Crippen molar-refractivity contribution in [1.82, 2.24) is 9.47 Å². The van der Waals surface area contributed by atoms with E-state index < -0.39 is 12.0 Å². The monoisotopic (exact) mass is 326 g/mol. The lowest BCUT2D eigenvalue weighted by atomic mass is 10.2. The highest BCUT2D eigenvalue weighted by atomic mass is 79.9. The molecule has 2 aliphatic rings. The second-order valence-electron chi connectivity index (χ2n) is 5.18. The van der Waals surface area contributed by atoms with Gasteiger partial charge in [-0.15, -0.1) is 0 Å². The molecule has 1 amide bonds. The number of nitrogens with zero attached hydrogens (tertiary/aromatic N) is 2. The van der Waals surface area contributed by atoms with Crippen molar-refractivity contribution in [2.45, 2.75) is 37.8 Å². The summed E-state index contributed by atoms with van der Waals surface area (Å²) in [6.45, 7) is 0.531. The van der Waals surface area contributed by atoms with Crippen LogP contribution in [0.3, 0.4) is 0 Å². The molecular formula is C13H15BrN2O3. The molecule has 0 radical (unpaired) electrons. The average Bonchev–Trinajstić information content (AvgIpc) is 2.95. The standard InChI is InChI=1S/C13H15BrN2O3/c14-8-6-11(16(7-8)9-3-4-9)12(17)15-5-1-2-10(15)13(18)19/h6-7,9-10H,1-5H2,(H,18,19)/t10-/m0/s1. The number of aliphatic carboxylic acids is 1. The summed E-state index contributed by atoms with van der Waals surface area (Å²) in [5.41, 5.74) is 0.600. The Balaban J connectivity index is 1.89. The molecule has 19 heavy (non-hydrogen) atoms. The number of likely N-dealkylation sites (tertiary alicyclic amines) is 1. The van der Waals surface area contributed by atoms with Crippen molar-refractivity contribution < 1.29 is 14.7 Å². The van der Waals surface area contributed by atoms with Crippen molar-refractivity contribution in [2.24, 2.45) is 0 Å². The molecule has 0 unspecified atom stereocenters. The number of hydrogen-bond donors (Lipinski definition) is 1. The Bertz CT molecular complexity index is 536. The fraction of sp³-hybridized carbons (Fsp3) is 0.538. The van der Waals surface area contributed by atoms with Crippen LogP contribution < -0.4 is 0 Å². The van der Waals surface area contributed by atoms with Gasteiger partial charge in [0.2, 0.25) is 0 Å². The Kier molecular flexibility index (Phi) is 3.12. The van der Waals surface area contributed by atoms with Crippen molar-refractivity contribution in [2.75, 3.05) is 6.54 Å². The van der Waals surface area contributed by atoms with E-state index in [-0.39, 0.29) is 5.91 Å². The largest absolute Gasteiger partial charge is 0.480 e. The fourth-order valence-electron chi connectivity index (χ4n) is 2.69. The van der Waals surface area contributed by atoms with Crippen LogP contribution in [0.4, 0.5) is 0 Å². The molecule has 1 aromatic rings. The van der Waals surface area contributed by atoms with Gasteiger partial charge in [-0.25, -0.2) is 4.79 Å².